The minimum atomic E-state index is -0.884. The molecule has 19 heavy (non-hydrogen) atoms. The summed E-state index contributed by atoms with van der Waals surface area (Å²) in [6.07, 6.45) is 2.80. The number of hydrogen-bond acceptors (Lipinski definition) is 4. The van der Waals surface area contributed by atoms with Crippen LogP contribution in [-0.4, -0.2) is 52.6 Å². The van der Waals surface area contributed by atoms with E-state index < -0.39 is 12.0 Å². The highest BCUT2D eigenvalue weighted by atomic mass is 32.2. The van der Waals surface area contributed by atoms with Crippen molar-refractivity contribution in [1.82, 2.24) is 10.2 Å². The number of piperidine rings is 1. The van der Waals surface area contributed by atoms with Gasteiger partial charge in [-0.05, 0) is 37.8 Å². The molecule has 2 rings (SSSR count). The van der Waals surface area contributed by atoms with Crippen molar-refractivity contribution in [1.29, 1.82) is 0 Å². The highest BCUT2D eigenvalue weighted by molar-refractivity contribution is 7.99. The Hall–Kier alpha value is -0.750. The van der Waals surface area contributed by atoms with Gasteiger partial charge in [0.2, 0.25) is 5.91 Å². The molecule has 2 aliphatic heterocycles. The molecule has 2 heterocycles. The van der Waals surface area contributed by atoms with Gasteiger partial charge in [0.1, 0.15) is 6.04 Å². The zero-order valence-corrected chi connectivity index (χ0v) is 12.1. The quantitative estimate of drug-likeness (QED) is 0.807. The van der Waals surface area contributed by atoms with E-state index in [1.807, 2.05) is 0 Å². The van der Waals surface area contributed by atoms with Crippen LogP contribution in [-0.2, 0) is 9.59 Å². The van der Waals surface area contributed by atoms with Crippen LogP contribution >= 0.6 is 11.8 Å². The number of thioether (sulfide) groups is 1. The monoisotopic (exact) mass is 286 g/mol. The van der Waals surface area contributed by atoms with Crippen LogP contribution in [0.3, 0.4) is 0 Å². The topological polar surface area (TPSA) is 69.6 Å². The smallest absolute Gasteiger partial charge is 0.327 e. The highest BCUT2D eigenvalue weighted by Crippen LogP contribution is 2.27. The number of carboxylic acid groups (broad SMARTS) is 1. The van der Waals surface area contributed by atoms with Crippen LogP contribution < -0.4 is 5.32 Å². The van der Waals surface area contributed by atoms with E-state index in [9.17, 15) is 9.59 Å². The first-order valence-corrected chi connectivity index (χ1v) is 8.05. The molecule has 3 atom stereocenters. The Labute approximate surface area is 118 Å². The van der Waals surface area contributed by atoms with Gasteiger partial charge in [-0.15, -0.1) is 11.8 Å². The van der Waals surface area contributed by atoms with Gasteiger partial charge in [-0.25, -0.2) is 4.79 Å². The van der Waals surface area contributed by atoms with Crippen molar-refractivity contribution in [2.75, 3.05) is 24.7 Å². The number of hydrogen-bond donors (Lipinski definition) is 2. The molecular weight excluding hydrogens is 264 g/mol. The maximum absolute atomic E-state index is 12.2. The predicted octanol–water partition coefficient (Wildman–Crippen LogP) is 0.998. The summed E-state index contributed by atoms with van der Waals surface area (Å²) in [5.41, 5.74) is 0. The molecule has 0 aliphatic carbocycles. The summed E-state index contributed by atoms with van der Waals surface area (Å²) in [5.74, 6) is 1.00. The lowest BCUT2D eigenvalue weighted by molar-refractivity contribution is -0.148. The molecule has 0 aromatic heterocycles. The maximum atomic E-state index is 12.2. The largest absolute Gasteiger partial charge is 0.480 e. The Morgan fingerprint density at radius 1 is 1.53 bits per heavy atom. The van der Waals surface area contributed by atoms with Crippen molar-refractivity contribution in [3.05, 3.63) is 0 Å². The lowest BCUT2D eigenvalue weighted by Crippen LogP contribution is -2.43. The second-order valence-corrected chi connectivity index (χ2v) is 6.51. The van der Waals surface area contributed by atoms with E-state index >= 15 is 0 Å². The van der Waals surface area contributed by atoms with Gasteiger partial charge in [0.15, 0.2) is 0 Å². The van der Waals surface area contributed by atoms with Crippen LogP contribution in [0.1, 0.15) is 26.2 Å². The SMILES string of the molecule is CC(CC(=O)N1CSCC1C(=O)O)C1CCCNC1. The fourth-order valence-corrected chi connectivity index (χ4v) is 3.99. The molecule has 1 amide bonds. The number of aliphatic carboxylic acids is 1. The van der Waals surface area contributed by atoms with Crippen molar-refractivity contribution < 1.29 is 14.7 Å². The van der Waals surface area contributed by atoms with Gasteiger partial charge >= 0.3 is 5.97 Å². The van der Waals surface area contributed by atoms with Crippen LogP contribution in [0, 0.1) is 11.8 Å². The van der Waals surface area contributed by atoms with Crippen LogP contribution in [0.5, 0.6) is 0 Å². The van der Waals surface area contributed by atoms with E-state index in [2.05, 4.69) is 12.2 Å². The van der Waals surface area contributed by atoms with E-state index in [4.69, 9.17) is 5.11 Å². The maximum Gasteiger partial charge on any atom is 0.327 e. The van der Waals surface area contributed by atoms with E-state index in [0.717, 1.165) is 13.1 Å². The molecule has 0 aromatic rings. The Bertz CT molecular complexity index is 345. The summed E-state index contributed by atoms with van der Waals surface area (Å²) >= 11 is 1.52. The normalized spacial score (nSPS) is 29.2. The summed E-state index contributed by atoms with van der Waals surface area (Å²) in [6, 6.07) is -0.630. The van der Waals surface area contributed by atoms with Gasteiger partial charge in [-0.3, -0.25) is 4.79 Å². The van der Waals surface area contributed by atoms with Gasteiger partial charge in [-0.1, -0.05) is 6.92 Å². The first kappa shape index (κ1) is 14.7. The molecule has 5 nitrogen and oxygen atoms in total. The second kappa shape index (κ2) is 6.61. The Morgan fingerprint density at radius 3 is 2.95 bits per heavy atom. The molecule has 0 spiro atoms. The van der Waals surface area contributed by atoms with Crippen LogP contribution in [0.4, 0.5) is 0 Å². The summed E-state index contributed by atoms with van der Waals surface area (Å²) in [5, 5.41) is 12.5. The zero-order valence-electron chi connectivity index (χ0n) is 11.3. The summed E-state index contributed by atoms with van der Waals surface area (Å²) in [4.78, 5) is 24.9. The van der Waals surface area contributed by atoms with Crippen molar-refractivity contribution >= 4 is 23.6 Å². The fourth-order valence-electron chi connectivity index (χ4n) is 2.82. The standard InChI is InChI=1S/C13H22N2O3S/c1-9(10-3-2-4-14-6-10)5-12(16)15-8-19-7-11(15)13(17)18/h9-11,14H,2-8H2,1H3,(H,17,18). The number of carbonyl (C=O) groups excluding carboxylic acids is 1. The van der Waals surface area contributed by atoms with Crippen LogP contribution in [0.25, 0.3) is 0 Å². The van der Waals surface area contributed by atoms with Gasteiger partial charge in [0, 0.05) is 12.2 Å². The minimum absolute atomic E-state index is 0.00419. The van der Waals surface area contributed by atoms with E-state index in [1.165, 1.54) is 29.5 Å². The van der Waals surface area contributed by atoms with Crippen molar-refractivity contribution in [3.63, 3.8) is 0 Å². The number of nitrogens with zero attached hydrogens (tertiary/aromatic N) is 1. The molecule has 3 unspecified atom stereocenters. The molecule has 2 saturated heterocycles. The lowest BCUT2D eigenvalue weighted by Gasteiger charge is -2.29. The molecule has 0 radical (unpaired) electrons. The molecule has 6 heteroatoms. The molecule has 108 valence electrons. The van der Waals surface area contributed by atoms with Crippen molar-refractivity contribution in [3.8, 4) is 0 Å². The number of nitrogens with one attached hydrogen (secondary N) is 1. The molecule has 2 aliphatic rings. The average Bonchev–Trinajstić information content (AvgIpc) is 2.89. The first-order chi connectivity index (χ1) is 9.09. The van der Waals surface area contributed by atoms with Gasteiger partial charge < -0.3 is 15.3 Å². The van der Waals surface area contributed by atoms with Gasteiger partial charge in [-0.2, -0.15) is 0 Å². The van der Waals surface area contributed by atoms with E-state index in [1.54, 1.807) is 0 Å². The number of carbonyl (C=O) groups is 2. The summed E-state index contributed by atoms with van der Waals surface area (Å²) in [6.45, 7) is 4.15. The Morgan fingerprint density at radius 2 is 2.32 bits per heavy atom. The van der Waals surface area contributed by atoms with Crippen LogP contribution in [0.15, 0.2) is 0 Å². The van der Waals surface area contributed by atoms with Gasteiger partial charge in [0.05, 0.1) is 5.88 Å². The molecular formula is C13H22N2O3S. The molecule has 0 aromatic carbocycles. The Kier molecular flexibility index (Phi) is 5.10. The third kappa shape index (κ3) is 3.63. The number of carboxylic acids is 1. The third-order valence-corrected chi connectivity index (χ3v) is 5.14. The Balaban J connectivity index is 1.87. The summed E-state index contributed by atoms with van der Waals surface area (Å²) in [7, 11) is 0. The predicted molar refractivity (Wildman–Crippen MR) is 75.0 cm³/mol. The van der Waals surface area contributed by atoms with Crippen LogP contribution in [0.2, 0.25) is 0 Å². The van der Waals surface area contributed by atoms with Gasteiger partial charge in [0.25, 0.3) is 0 Å². The molecule has 2 N–H and O–H groups in total. The number of rotatable bonds is 4. The minimum Gasteiger partial charge on any atom is -0.480 e. The summed E-state index contributed by atoms with van der Waals surface area (Å²) < 4.78 is 0. The molecule has 2 fully saturated rings. The fraction of sp³-hybridized carbons (Fsp3) is 0.846. The molecule has 0 bridgehead atoms. The van der Waals surface area contributed by atoms with E-state index in [-0.39, 0.29) is 5.91 Å². The number of amides is 1. The third-order valence-electron chi connectivity index (χ3n) is 4.12. The van der Waals surface area contributed by atoms with E-state index in [0.29, 0.717) is 29.9 Å². The highest BCUT2D eigenvalue weighted by Gasteiger charge is 2.35. The molecule has 0 saturated carbocycles. The second-order valence-electron chi connectivity index (χ2n) is 5.51. The lowest BCUT2D eigenvalue weighted by atomic mass is 9.85. The van der Waals surface area contributed by atoms with Crippen molar-refractivity contribution in [2.45, 2.75) is 32.2 Å². The van der Waals surface area contributed by atoms with Crippen molar-refractivity contribution in [2.24, 2.45) is 11.8 Å². The average molecular weight is 286 g/mol. The zero-order chi connectivity index (χ0) is 13.8. The first-order valence-electron chi connectivity index (χ1n) is 6.90.